The van der Waals surface area contributed by atoms with Gasteiger partial charge in [0.1, 0.15) is 0 Å². The fourth-order valence-electron chi connectivity index (χ4n) is 4.12. The summed E-state index contributed by atoms with van der Waals surface area (Å²) in [6, 6.07) is 37.5. The van der Waals surface area contributed by atoms with Crippen LogP contribution in [0, 0.1) is 6.92 Å². The highest BCUT2D eigenvalue weighted by Gasteiger charge is 2.15. The Morgan fingerprint density at radius 2 is 1.19 bits per heavy atom. The summed E-state index contributed by atoms with van der Waals surface area (Å²) in [6.07, 6.45) is 1.95. The number of halogens is 1. The van der Waals surface area contributed by atoms with Crippen molar-refractivity contribution in [3.8, 4) is 44.6 Å². The molecule has 0 aliphatic carbocycles. The maximum Gasteiger partial charge on any atom is 0.0708 e. The minimum Gasteiger partial charge on any atom is -0.256 e. The van der Waals surface area contributed by atoms with Crippen LogP contribution in [0.5, 0.6) is 0 Å². The van der Waals surface area contributed by atoms with Crippen molar-refractivity contribution in [1.29, 1.82) is 0 Å². The molecule has 0 spiro atoms. The molecule has 0 amide bonds. The molecular weight excluding hydrogens is 410 g/mol. The summed E-state index contributed by atoms with van der Waals surface area (Å²) >= 11 is 6.59. The van der Waals surface area contributed by atoms with Crippen molar-refractivity contribution in [2.24, 2.45) is 0 Å². The molecular formula is C30H22ClN. The standard InChI is InChI=1S/C30H22ClN/c1-21-18-24(22-10-4-2-5-11-22)16-17-25(21)27-19-30(23-12-6-3-7-13-23)32-20-28(27)26-14-8-9-15-29(26)31/h2-20H,1H3. The van der Waals surface area contributed by atoms with Crippen molar-refractivity contribution in [2.75, 3.05) is 0 Å². The van der Waals surface area contributed by atoms with E-state index in [0.29, 0.717) is 0 Å². The molecule has 154 valence electrons. The molecule has 0 aliphatic heterocycles. The maximum atomic E-state index is 6.59. The van der Waals surface area contributed by atoms with Crippen molar-refractivity contribution < 1.29 is 0 Å². The normalized spacial score (nSPS) is 10.8. The molecule has 0 unspecified atom stereocenters. The Hall–Kier alpha value is -3.68. The molecule has 0 fully saturated rings. The van der Waals surface area contributed by atoms with Crippen LogP contribution in [-0.2, 0) is 0 Å². The summed E-state index contributed by atoms with van der Waals surface area (Å²) in [7, 11) is 0. The molecule has 0 radical (unpaired) electrons. The van der Waals surface area contributed by atoms with Crippen LogP contribution in [0.1, 0.15) is 5.56 Å². The first-order valence-electron chi connectivity index (χ1n) is 10.7. The molecule has 1 heterocycles. The Bertz CT molecular complexity index is 1380. The van der Waals surface area contributed by atoms with Gasteiger partial charge in [-0.15, -0.1) is 0 Å². The Morgan fingerprint density at radius 1 is 0.531 bits per heavy atom. The van der Waals surface area contributed by atoms with E-state index in [-0.39, 0.29) is 0 Å². The second kappa shape index (κ2) is 8.82. The van der Waals surface area contributed by atoms with Crippen molar-refractivity contribution in [3.63, 3.8) is 0 Å². The molecule has 1 nitrogen and oxygen atoms in total. The van der Waals surface area contributed by atoms with Crippen molar-refractivity contribution in [2.45, 2.75) is 6.92 Å². The third-order valence-electron chi connectivity index (χ3n) is 5.76. The zero-order valence-electron chi connectivity index (χ0n) is 17.8. The summed E-state index contributed by atoms with van der Waals surface area (Å²) in [5, 5.41) is 0.724. The molecule has 0 atom stereocenters. The van der Waals surface area contributed by atoms with Gasteiger partial charge in [-0.05, 0) is 46.9 Å². The molecule has 2 heteroatoms. The van der Waals surface area contributed by atoms with E-state index in [4.69, 9.17) is 16.6 Å². The molecule has 32 heavy (non-hydrogen) atoms. The zero-order chi connectivity index (χ0) is 21.9. The van der Waals surface area contributed by atoms with Crippen LogP contribution >= 0.6 is 11.6 Å². The predicted octanol–water partition coefficient (Wildman–Crippen LogP) is 8.71. The van der Waals surface area contributed by atoms with Gasteiger partial charge in [0.05, 0.1) is 5.69 Å². The number of benzene rings is 4. The van der Waals surface area contributed by atoms with Crippen LogP contribution in [-0.4, -0.2) is 4.98 Å². The molecule has 5 aromatic rings. The average molecular weight is 432 g/mol. The summed E-state index contributed by atoms with van der Waals surface area (Å²) in [4.78, 5) is 4.79. The third-order valence-corrected chi connectivity index (χ3v) is 6.09. The highest BCUT2D eigenvalue weighted by molar-refractivity contribution is 6.33. The Labute approximate surface area is 194 Å². The average Bonchev–Trinajstić information content (AvgIpc) is 2.85. The molecule has 0 aliphatic rings. The first-order valence-corrected chi connectivity index (χ1v) is 11.1. The van der Waals surface area contributed by atoms with Gasteiger partial charge in [-0.2, -0.15) is 0 Å². The van der Waals surface area contributed by atoms with Crippen LogP contribution in [0.2, 0.25) is 5.02 Å². The van der Waals surface area contributed by atoms with Gasteiger partial charge in [-0.25, -0.2) is 0 Å². The molecule has 4 aromatic carbocycles. The second-order valence-electron chi connectivity index (χ2n) is 7.86. The molecule has 0 bridgehead atoms. The summed E-state index contributed by atoms with van der Waals surface area (Å²) in [6.45, 7) is 2.17. The van der Waals surface area contributed by atoms with E-state index >= 15 is 0 Å². The summed E-state index contributed by atoms with van der Waals surface area (Å²) in [5.41, 5.74) is 10.0. The SMILES string of the molecule is Cc1cc(-c2ccccc2)ccc1-c1cc(-c2ccccc2)ncc1-c1ccccc1Cl. The van der Waals surface area contributed by atoms with E-state index in [1.807, 2.05) is 48.7 Å². The number of aryl methyl sites for hydroxylation is 1. The van der Waals surface area contributed by atoms with Crippen molar-refractivity contribution in [1.82, 2.24) is 4.98 Å². The fraction of sp³-hybridized carbons (Fsp3) is 0.0333. The minimum atomic E-state index is 0.724. The fourth-order valence-corrected chi connectivity index (χ4v) is 4.35. The molecule has 0 saturated carbocycles. The van der Waals surface area contributed by atoms with Crippen LogP contribution < -0.4 is 0 Å². The van der Waals surface area contributed by atoms with E-state index in [2.05, 4.69) is 73.7 Å². The van der Waals surface area contributed by atoms with E-state index < -0.39 is 0 Å². The van der Waals surface area contributed by atoms with Crippen molar-refractivity contribution in [3.05, 3.63) is 126 Å². The van der Waals surface area contributed by atoms with Crippen LogP contribution in [0.3, 0.4) is 0 Å². The van der Waals surface area contributed by atoms with Gasteiger partial charge in [0, 0.05) is 27.9 Å². The van der Waals surface area contributed by atoms with Gasteiger partial charge in [-0.3, -0.25) is 4.98 Å². The first kappa shape index (κ1) is 20.2. The lowest BCUT2D eigenvalue weighted by atomic mass is 9.90. The third kappa shape index (κ3) is 3.95. The Morgan fingerprint density at radius 3 is 1.88 bits per heavy atom. The van der Waals surface area contributed by atoms with Gasteiger partial charge in [-0.1, -0.05) is 109 Å². The van der Waals surface area contributed by atoms with E-state index in [1.165, 1.54) is 22.3 Å². The van der Waals surface area contributed by atoms with Gasteiger partial charge in [0.2, 0.25) is 0 Å². The Kier molecular flexibility index (Phi) is 5.58. The summed E-state index contributed by atoms with van der Waals surface area (Å²) in [5.74, 6) is 0. The van der Waals surface area contributed by atoms with Gasteiger partial charge in [0.15, 0.2) is 0 Å². The lowest BCUT2D eigenvalue weighted by molar-refractivity contribution is 1.32. The number of aromatic nitrogens is 1. The number of hydrogen-bond acceptors (Lipinski definition) is 1. The monoisotopic (exact) mass is 431 g/mol. The van der Waals surface area contributed by atoms with E-state index in [1.54, 1.807) is 0 Å². The second-order valence-corrected chi connectivity index (χ2v) is 8.26. The Balaban J connectivity index is 1.70. The highest BCUT2D eigenvalue weighted by Crippen LogP contribution is 2.39. The predicted molar refractivity (Wildman–Crippen MR) is 136 cm³/mol. The lowest BCUT2D eigenvalue weighted by Gasteiger charge is -2.16. The van der Waals surface area contributed by atoms with Gasteiger partial charge >= 0.3 is 0 Å². The molecule has 5 rings (SSSR count). The largest absolute Gasteiger partial charge is 0.256 e. The molecule has 0 saturated heterocycles. The quantitative estimate of drug-likeness (QED) is 0.277. The molecule has 1 aromatic heterocycles. The number of pyridine rings is 1. The van der Waals surface area contributed by atoms with Crippen LogP contribution in [0.15, 0.2) is 115 Å². The minimum absolute atomic E-state index is 0.724. The maximum absolute atomic E-state index is 6.59. The summed E-state index contributed by atoms with van der Waals surface area (Å²) < 4.78 is 0. The van der Waals surface area contributed by atoms with E-state index in [9.17, 15) is 0 Å². The lowest BCUT2D eigenvalue weighted by Crippen LogP contribution is -1.93. The number of nitrogens with zero attached hydrogens (tertiary/aromatic N) is 1. The van der Waals surface area contributed by atoms with Crippen LogP contribution in [0.25, 0.3) is 44.6 Å². The van der Waals surface area contributed by atoms with E-state index in [0.717, 1.165) is 33.0 Å². The highest BCUT2D eigenvalue weighted by atomic mass is 35.5. The topological polar surface area (TPSA) is 12.9 Å². The zero-order valence-corrected chi connectivity index (χ0v) is 18.6. The number of rotatable bonds is 4. The van der Waals surface area contributed by atoms with Gasteiger partial charge < -0.3 is 0 Å². The van der Waals surface area contributed by atoms with Crippen LogP contribution in [0.4, 0.5) is 0 Å². The smallest absolute Gasteiger partial charge is 0.0708 e. The molecule has 0 N–H and O–H groups in total. The number of hydrogen-bond donors (Lipinski definition) is 0. The van der Waals surface area contributed by atoms with Gasteiger partial charge in [0.25, 0.3) is 0 Å². The van der Waals surface area contributed by atoms with Crippen molar-refractivity contribution >= 4 is 11.6 Å². The first-order chi connectivity index (χ1) is 15.7.